The first-order valence-corrected chi connectivity index (χ1v) is 7.47. The zero-order valence-electron chi connectivity index (χ0n) is 12.6. The number of para-hydroxylation sites is 2. The fraction of sp³-hybridized carbons (Fsp3) is 0.625. The van der Waals surface area contributed by atoms with Crippen LogP contribution in [0.15, 0.2) is 24.3 Å². The molecule has 3 atom stereocenters. The van der Waals surface area contributed by atoms with E-state index < -0.39 is 0 Å². The van der Waals surface area contributed by atoms with Gasteiger partial charge in [-0.05, 0) is 32.5 Å². The van der Waals surface area contributed by atoms with E-state index in [2.05, 4.69) is 12.2 Å². The van der Waals surface area contributed by atoms with Gasteiger partial charge >= 0.3 is 0 Å². The summed E-state index contributed by atoms with van der Waals surface area (Å²) < 4.78 is 17.6. The Morgan fingerprint density at radius 1 is 1.20 bits per heavy atom. The third-order valence-electron chi connectivity index (χ3n) is 3.57. The summed E-state index contributed by atoms with van der Waals surface area (Å²) in [6, 6.07) is 8.23. The quantitative estimate of drug-likeness (QED) is 0.794. The SMILES string of the molecule is CCCOc1ccccc1OC1CC(NC)C1OCC. The van der Waals surface area contributed by atoms with E-state index in [0.717, 1.165) is 24.3 Å². The molecule has 0 aliphatic heterocycles. The minimum atomic E-state index is 0.0961. The molecule has 1 N–H and O–H groups in total. The Labute approximate surface area is 121 Å². The summed E-state index contributed by atoms with van der Waals surface area (Å²) >= 11 is 0. The Morgan fingerprint density at radius 3 is 2.60 bits per heavy atom. The molecule has 1 aliphatic rings. The van der Waals surface area contributed by atoms with Gasteiger partial charge in [-0.1, -0.05) is 19.1 Å². The first kappa shape index (κ1) is 15.1. The van der Waals surface area contributed by atoms with Gasteiger partial charge in [-0.15, -0.1) is 0 Å². The van der Waals surface area contributed by atoms with Gasteiger partial charge in [0.25, 0.3) is 0 Å². The minimum absolute atomic E-state index is 0.0961. The Bertz CT molecular complexity index is 410. The van der Waals surface area contributed by atoms with Gasteiger partial charge in [-0.25, -0.2) is 0 Å². The molecule has 0 amide bonds. The number of hydrogen-bond donors (Lipinski definition) is 1. The molecule has 1 saturated carbocycles. The molecular weight excluding hydrogens is 254 g/mol. The number of hydrogen-bond acceptors (Lipinski definition) is 4. The highest BCUT2D eigenvalue weighted by Crippen LogP contribution is 2.33. The summed E-state index contributed by atoms with van der Waals surface area (Å²) in [7, 11) is 1.96. The van der Waals surface area contributed by atoms with Crippen LogP contribution in [0.2, 0.25) is 0 Å². The fourth-order valence-electron chi connectivity index (χ4n) is 2.44. The van der Waals surface area contributed by atoms with Gasteiger partial charge in [0.15, 0.2) is 11.5 Å². The van der Waals surface area contributed by atoms with Crippen molar-refractivity contribution in [3.05, 3.63) is 24.3 Å². The lowest BCUT2D eigenvalue weighted by molar-refractivity contribution is -0.103. The van der Waals surface area contributed by atoms with Crippen molar-refractivity contribution < 1.29 is 14.2 Å². The van der Waals surface area contributed by atoms with Crippen LogP contribution in [0.25, 0.3) is 0 Å². The van der Waals surface area contributed by atoms with Gasteiger partial charge in [0, 0.05) is 19.1 Å². The van der Waals surface area contributed by atoms with Crippen LogP contribution in [0.3, 0.4) is 0 Å². The highest BCUT2D eigenvalue weighted by atomic mass is 16.6. The third kappa shape index (κ3) is 3.44. The number of nitrogens with one attached hydrogen (secondary N) is 1. The van der Waals surface area contributed by atoms with Gasteiger partial charge in [-0.3, -0.25) is 0 Å². The first-order chi connectivity index (χ1) is 9.80. The molecule has 0 spiro atoms. The van der Waals surface area contributed by atoms with Crippen molar-refractivity contribution >= 4 is 0 Å². The highest BCUT2D eigenvalue weighted by molar-refractivity contribution is 5.39. The van der Waals surface area contributed by atoms with Gasteiger partial charge < -0.3 is 19.5 Å². The van der Waals surface area contributed by atoms with Crippen molar-refractivity contribution in [3.8, 4) is 11.5 Å². The first-order valence-electron chi connectivity index (χ1n) is 7.47. The molecule has 1 fully saturated rings. The summed E-state index contributed by atoms with van der Waals surface area (Å²) in [5, 5.41) is 3.26. The van der Waals surface area contributed by atoms with Crippen molar-refractivity contribution in [2.45, 2.75) is 44.9 Å². The maximum Gasteiger partial charge on any atom is 0.161 e. The third-order valence-corrected chi connectivity index (χ3v) is 3.57. The van der Waals surface area contributed by atoms with Crippen molar-refractivity contribution in [1.29, 1.82) is 0 Å². The van der Waals surface area contributed by atoms with E-state index in [1.54, 1.807) is 0 Å². The summed E-state index contributed by atoms with van der Waals surface area (Å²) in [4.78, 5) is 0. The molecule has 1 aromatic rings. The van der Waals surface area contributed by atoms with Crippen LogP contribution in [-0.2, 0) is 4.74 Å². The van der Waals surface area contributed by atoms with Crippen LogP contribution in [-0.4, -0.2) is 38.5 Å². The standard InChI is InChI=1S/C16H25NO3/c1-4-10-19-13-8-6-7-9-14(13)20-15-11-12(17-3)16(15)18-5-2/h6-9,12,15-17H,4-5,10-11H2,1-3H3. The van der Waals surface area contributed by atoms with E-state index in [0.29, 0.717) is 19.3 Å². The lowest BCUT2D eigenvalue weighted by Gasteiger charge is -2.43. The van der Waals surface area contributed by atoms with Gasteiger partial charge in [0.2, 0.25) is 0 Å². The van der Waals surface area contributed by atoms with E-state index in [-0.39, 0.29) is 12.2 Å². The number of ether oxygens (including phenoxy) is 3. The normalized spacial score (nSPS) is 25.1. The lowest BCUT2D eigenvalue weighted by Crippen LogP contribution is -2.60. The Balaban J connectivity index is 1.99. The van der Waals surface area contributed by atoms with E-state index >= 15 is 0 Å². The van der Waals surface area contributed by atoms with Crippen LogP contribution in [0.4, 0.5) is 0 Å². The van der Waals surface area contributed by atoms with E-state index in [9.17, 15) is 0 Å². The smallest absolute Gasteiger partial charge is 0.161 e. The molecule has 0 aromatic heterocycles. The van der Waals surface area contributed by atoms with Gasteiger partial charge in [-0.2, -0.15) is 0 Å². The second-order valence-electron chi connectivity index (χ2n) is 5.00. The molecule has 4 heteroatoms. The fourth-order valence-corrected chi connectivity index (χ4v) is 2.44. The maximum atomic E-state index is 6.09. The summed E-state index contributed by atoms with van der Waals surface area (Å²) in [6.07, 6.45) is 2.16. The molecule has 0 heterocycles. The molecule has 3 unspecified atom stereocenters. The summed E-state index contributed by atoms with van der Waals surface area (Å²) in [5.41, 5.74) is 0. The predicted octanol–water partition coefficient (Wildman–Crippen LogP) is 2.62. The summed E-state index contributed by atoms with van der Waals surface area (Å²) in [6.45, 7) is 5.52. The highest BCUT2D eigenvalue weighted by Gasteiger charge is 2.43. The van der Waals surface area contributed by atoms with Crippen molar-refractivity contribution in [2.24, 2.45) is 0 Å². The molecule has 20 heavy (non-hydrogen) atoms. The molecule has 0 bridgehead atoms. The molecule has 0 radical (unpaired) electrons. The molecule has 4 nitrogen and oxygen atoms in total. The zero-order valence-corrected chi connectivity index (χ0v) is 12.6. The summed E-state index contributed by atoms with van der Waals surface area (Å²) in [5.74, 6) is 1.63. The monoisotopic (exact) mass is 279 g/mol. The maximum absolute atomic E-state index is 6.09. The minimum Gasteiger partial charge on any atom is -0.490 e. The van der Waals surface area contributed by atoms with Crippen LogP contribution >= 0.6 is 0 Å². The topological polar surface area (TPSA) is 39.7 Å². The Hall–Kier alpha value is -1.26. The molecule has 1 aliphatic carbocycles. The second-order valence-corrected chi connectivity index (χ2v) is 5.00. The average molecular weight is 279 g/mol. The number of likely N-dealkylation sites (N-methyl/N-ethyl adjacent to an activating group) is 1. The molecular formula is C16H25NO3. The number of rotatable bonds is 8. The lowest BCUT2D eigenvalue weighted by atomic mass is 9.85. The molecule has 112 valence electrons. The molecule has 1 aromatic carbocycles. The largest absolute Gasteiger partial charge is 0.490 e. The second kappa shape index (κ2) is 7.50. The number of benzene rings is 1. The average Bonchev–Trinajstić information content (AvgIpc) is 2.47. The van der Waals surface area contributed by atoms with Crippen molar-refractivity contribution in [1.82, 2.24) is 5.32 Å². The Kier molecular flexibility index (Phi) is 5.68. The predicted molar refractivity (Wildman–Crippen MR) is 79.5 cm³/mol. The Morgan fingerprint density at radius 2 is 1.95 bits per heavy atom. The van der Waals surface area contributed by atoms with Gasteiger partial charge in [0.05, 0.1) is 6.61 Å². The van der Waals surface area contributed by atoms with Crippen molar-refractivity contribution in [3.63, 3.8) is 0 Å². The molecule has 0 saturated heterocycles. The van der Waals surface area contributed by atoms with Crippen LogP contribution in [0.5, 0.6) is 11.5 Å². The van der Waals surface area contributed by atoms with Crippen LogP contribution < -0.4 is 14.8 Å². The van der Waals surface area contributed by atoms with Gasteiger partial charge in [0.1, 0.15) is 12.2 Å². The van der Waals surface area contributed by atoms with E-state index in [1.807, 2.05) is 38.2 Å². The van der Waals surface area contributed by atoms with E-state index in [4.69, 9.17) is 14.2 Å². The zero-order chi connectivity index (χ0) is 14.4. The molecule has 2 rings (SSSR count). The van der Waals surface area contributed by atoms with Crippen molar-refractivity contribution in [2.75, 3.05) is 20.3 Å². The van der Waals surface area contributed by atoms with Crippen LogP contribution in [0.1, 0.15) is 26.7 Å². The van der Waals surface area contributed by atoms with Crippen LogP contribution in [0, 0.1) is 0 Å². The van der Waals surface area contributed by atoms with E-state index in [1.165, 1.54) is 0 Å².